The minimum atomic E-state index is -2.95. The second-order valence-corrected chi connectivity index (χ2v) is 6.94. The van der Waals surface area contributed by atoms with Gasteiger partial charge < -0.3 is 5.32 Å². The lowest BCUT2D eigenvalue weighted by Gasteiger charge is -2.17. The monoisotopic (exact) mass is 278 g/mol. The van der Waals surface area contributed by atoms with Gasteiger partial charge in [-0.15, -0.1) is 0 Å². The zero-order chi connectivity index (χ0) is 13.9. The van der Waals surface area contributed by atoms with Gasteiger partial charge in [-0.2, -0.15) is 0 Å². The van der Waals surface area contributed by atoms with E-state index in [0.717, 1.165) is 16.5 Å². The van der Waals surface area contributed by atoms with Crippen LogP contribution in [0.25, 0.3) is 10.9 Å². The summed E-state index contributed by atoms with van der Waals surface area (Å²) >= 11 is 0. The molecule has 0 spiro atoms. The number of nitrogens with zero attached hydrogens (tertiary/aromatic N) is 1. The van der Waals surface area contributed by atoms with E-state index in [1.807, 2.05) is 37.4 Å². The lowest BCUT2D eigenvalue weighted by molar-refractivity contribution is 0.561. The van der Waals surface area contributed by atoms with Crippen LogP contribution < -0.4 is 5.32 Å². The summed E-state index contributed by atoms with van der Waals surface area (Å²) in [4.78, 5) is 4.40. The van der Waals surface area contributed by atoms with Gasteiger partial charge in [0.05, 0.1) is 11.3 Å². The highest BCUT2D eigenvalue weighted by molar-refractivity contribution is 7.90. The summed E-state index contributed by atoms with van der Waals surface area (Å²) in [6, 6.07) is 9.89. The topological polar surface area (TPSA) is 59.1 Å². The molecule has 1 heterocycles. The summed E-state index contributed by atoms with van der Waals surface area (Å²) in [5.74, 6) is 0.168. The van der Waals surface area contributed by atoms with Crippen molar-refractivity contribution in [3.05, 3.63) is 42.1 Å². The number of para-hydroxylation sites is 1. The van der Waals surface area contributed by atoms with Crippen LogP contribution in [0.15, 0.2) is 36.5 Å². The number of rotatable bonds is 5. The number of hydrogen-bond acceptors (Lipinski definition) is 4. The average Bonchev–Trinajstić information content (AvgIpc) is 2.38. The van der Waals surface area contributed by atoms with Crippen LogP contribution in [-0.2, 0) is 9.84 Å². The molecule has 0 saturated heterocycles. The second kappa shape index (κ2) is 5.67. The van der Waals surface area contributed by atoms with E-state index in [-0.39, 0.29) is 11.8 Å². The van der Waals surface area contributed by atoms with Crippen LogP contribution in [0.1, 0.15) is 18.0 Å². The predicted molar refractivity (Wildman–Crippen MR) is 77.9 cm³/mol. The molecule has 1 atom stereocenters. The Morgan fingerprint density at radius 1 is 1.26 bits per heavy atom. The molecule has 5 heteroatoms. The smallest absolute Gasteiger partial charge is 0.147 e. The van der Waals surface area contributed by atoms with E-state index in [9.17, 15) is 8.42 Å². The molecule has 19 heavy (non-hydrogen) atoms. The molecular formula is C14H18N2O2S. The van der Waals surface area contributed by atoms with E-state index in [1.165, 1.54) is 6.26 Å². The van der Waals surface area contributed by atoms with Crippen LogP contribution >= 0.6 is 0 Å². The van der Waals surface area contributed by atoms with Crippen molar-refractivity contribution in [2.24, 2.45) is 0 Å². The van der Waals surface area contributed by atoms with E-state index in [2.05, 4.69) is 10.3 Å². The number of hydrogen-bond donors (Lipinski definition) is 1. The number of nitrogens with one attached hydrogen (secondary N) is 1. The van der Waals surface area contributed by atoms with Crippen molar-refractivity contribution in [1.82, 2.24) is 10.3 Å². The predicted octanol–water partition coefficient (Wildman–Crippen LogP) is 1.93. The molecule has 0 aliphatic carbocycles. The lowest BCUT2D eigenvalue weighted by Crippen LogP contribution is -2.20. The summed E-state index contributed by atoms with van der Waals surface area (Å²) in [5, 5.41) is 4.25. The van der Waals surface area contributed by atoms with E-state index in [4.69, 9.17) is 0 Å². The van der Waals surface area contributed by atoms with Gasteiger partial charge in [-0.05, 0) is 25.1 Å². The number of aromatic nitrogens is 1. The normalized spacial score (nSPS) is 13.6. The van der Waals surface area contributed by atoms with E-state index in [0.29, 0.717) is 6.42 Å². The molecule has 0 bridgehead atoms. The third-order valence-corrected chi connectivity index (χ3v) is 4.14. The highest BCUT2D eigenvalue weighted by atomic mass is 32.2. The van der Waals surface area contributed by atoms with Crippen LogP contribution in [0.5, 0.6) is 0 Å². The number of sulfone groups is 1. The molecule has 2 rings (SSSR count). The maximum absolute atomic E-state index is 11.3. The van der Waals surface area contributed by atoms with Gasteiger partial charge in [0.25, 0.3) is 0 Å². The van der Waals surface area contributed by atoms with Gasteiger partial charge in [0.1, 0.15) is 9.84 Å². The van der Waals surface area contributed by atoms with E-state index in [1.54, 1.807) is 6.20 Å². The molecular weight excluding hydrogens is 260 g/mol. The Labute approximate surface area is 113 Å². The molecule has 0 aliphatic rings. The van der Waals surface area contributed by atoms with Crippen molar-refractivity contribution in [3.8, 4) is 0 Å². The standard InChI is InChI=1S/C14H18N2O2S/c1-15-13(8-10-19(2,17)18)12-7-3-5-11-6-4-9-16-14(11)12/h3-7,9,13,15H,8,10H2,1-2H3. The third kappa shape index (κ3) is 3.52. The Balaban J connectivity index is 2.35. The highest BCUT2D eigenvalue weighted by Crippen LogP contribution is 2.24. The lowest BCUT2D eigenvalue weighted by atomic mass is 10.0. The fraction of sp³-hybridized carbons (Fsp3) is 0.357. The number of fused-ring (bicyclic) bond motifs is 1. The van der Waals surface area contributed by atoms with Gasteiger partial charge >= 0.3 is 0 Å². The van der Waals surface area contributed by atoms with Gasteiger partial charge in [-0.25, -0.2) is 8.42 Å². The average molecular weight is 278 g/mol. The highest BCUT2D eigenvalue weighted by Gasteiger charge is 2.15. The first-order valence-electron chi connectivity index (χ1n) is 6.20. The first-order valence-corrected chi connectivity index (χ1v) is 8.26. The summed E-state index contributed by atoms with van der Waals surface area (Å²) in [7, 11) is -1.11. The Kier molecular flexibility index (Phi) is 4.17. The van der Waals surface area contributed by atoms with Crippen molar-refractivity contribution < 1.29 is 8.42 Å². The Hall–Kier alpha value is -1.46. The van der Waals surface area contributed by atoms with Crippen molar-refractivity contribution in [3.63, 3.8) is 0 Å². The maximum atomic E-state index is 11.3. The molecule has 2 aromatic rings. The van der Waals surface area contributed by atoms with Crippen molar-refractivity contribution in [2.75, 3.05) is 19.1 Å². The van der Waals surface area contributed by atoms with Gasteiger partial charge in [0.2, 0.25) is 0 Å². The molecule has 0 radical (unpaired) electrons. The molecule has 1 unspecified atom stereocenters. The van der Waals surface area contributed by atoms with E-state index < -0.39 is 9.84 Å². The first kappa shape index (κ1) is 14.0. The van der Waals surface area contributed by atoms with Gasteiger partial charge in [0, 0.05) is 23.9 Å². The molecule has 0 fully saturated rings. The molecule has 102 valence electrons. The molecule has 0 aliphatic heterocycles. The van der Waals surface area contributed by atoms with E-state index >= 15 is 0 Å². The van der Waals surface area contributed by atoms with Crippen LogP contribution in [0, 0.1) is 0 Å². The summed E-state index contributed by atoms with van der Waals surface area (Å²) < 4.78 is 22.6. The third-order valence-electron chi connectivity index (χ3n) is 3.17. The van der Waals surface area contributed by atoms with Crippen molar-refractivity contribution >= 4 is 20.7 Å². The minimum absolute atomic E-state index is 0.00618. The zero-order valence-corrected chi connectivity index (χ0v) is 11.9. The molecule has 1 N–H and O–H groups in total. The zero-order valence-electron chi connectivity index (χ0n) is 11.1. The minimum Gasteiger partial charge on any atom is -0.313 e. The van der Waals surface area contributed by atoms with Gasteiger partial charge in [-0.3, -0.25) is 4.98 Å². The maximum Gasteiger partial charge on any atom is 0.147 e. The van der Waals surface area contributed by atoms with Crippen LogP contribution in [0.2, 0.25) is 0 Å². The number of benzene rings is 1. The molecule has 4 nitrogen and oxygen atoms in total. The van der Waals surface area contributed by atoms with Gasteiger partial charge in [-0.1, -0.05) is 24.3 Å². The molecule has 1 aromatic heterocycles. The fourth-order valence-electron chi connectivity index (χ4n) is 2.20. The summed E-state index contributed by atoms with van der Waals surface area (Å²) in [5.41, 5.74) is 1.97. The SMILES string of the molecule is CNC(CCS(C)(=O)=O)c1cccc2cccnc12. The van der Waals surface area contributed by atoms with Crippen LogP contribution in [0.4, 0.5) is 0 Å². The molecule has 0 amide bonds. The Morgan fingerprint density at radius 3 is 2.68 bits per heavy atom. The Morgan fingerprint density at radius 2 is 2.00 bits per heavy atom. The van der Waals surface area contributed by atoms with Gasteiger partial charge in [0.15, 0.2) is 0 Å². The largest absolute Gasteiger partial charge is 0.313 e. The fourth-order valence-corrected chi connectivity index (χ4v) is 2.86. The first-order chi connectivity index (χ1) is 9.01. The van der Waals surface area contributed by atoms with Crippen LogP contribution in [-0.4, -0.2) is 32.5 Å². The second-order valence-electron chi connectivity index (χ2n) is 4.68. The quantitative estimate of drug-likeness (QED) is 0.908. The molecule has 1 aromatic carbocycles. The Bertz CT molecular complexity index is 663. The van der Waals surface area contributed by atoms with Crippen molar-refractivity contribution in [1.29, 1.82) is 0 Å². The summed E-state index contributed by atoms with van der Waals surface area (Å²) in [6.07, 6.45) is 3.57. The van der Waals surface area contributed by atoms with Crippen LogP contribution in [0.3, 0.4) is 0 Å². The number of pyridine rings is 1. The molecule has 0 saturated carbocycles. The summed E-state index contributed by atoms with van der Waals surface area (Å²) in [6.45, 7) is 0. The van der Waals surface area contributed by atoms with Crippen molar-refractivity contribution in [2.45, 2.75) is 12.5 Å².